The molecule has 0 spiro atoms. The predicted molar refractivity (Wildman–Crippen MR) is 115 cm³/mol. The number of rotatable bonds is 5. The summed E-state index contributed by atoms with van der Waals surface area (Å²) in [6.07, 6.45) is 2.32. The Morgan fingerprint density at radius 2 is 2.13 bits per heavy atom. The lowest BCUT2D eigenvalue weighted by molar-refractivity contribution is 0.173. The molecule has 0 aliphatic carbocycles. The molecule has 0 radical (unpaired) electrons. The van der Waals surface area contributed by atoms with E-state index < -0.39 is 0 Å². The summed E-state index contributed by atoms with van der Waals surface area (Å²) in [5.74, 6) is 1.85. The van der Waals surface area contributed by atoms with Crippen LogP contribution in [0.3, 0.4) is 0 Å². The van der Waals surface area contributed by atoms with Crippen molar-refractivity contribution in [3.8, 4) is 5.75 Å². The molecule has 5 rings (SSSR count). The van der Waals surface area contributed by atoms with Crippen LogP contribution in [0.25, 0.3) is 11.0 Å². The second-order valence-corrected chi connectivity index (χ2v) is 8.39. The van der Waals surface area contributed by atoms with Crippen LogP contribution >= 0.6 is 0 Å². The highest BCUT2D eigenvalue weighted by Crippen LogP contribution is 2.32. The van der Waals surface area contributed by atoms with Crippen molar-refractivity contribution in [2.24, 2.45) is 5.92 Å². The lowest BCUT2D eigenvalue weighted by Crippen LogP contribution is -2.39. The Morgan fingerprint density at radius 3 is 2.97 bits per heavy atom. The van der Waals surface area contributed by atoms with E-state index in [9.17, 15) is 4.39 Å². The SMILES string of the molecule is COc1ccc(C2NNCC2CN2CCCC(c3nc4ccccc4[nH]3)C2)cc1F. The van der Waals surface area contributed by atoms with Crippen molar-refractivity contribution in [1.82, 2.24) is 25.7 Å². The molecule has 3 atom stereocenters. The third-order valence-corrected chi connectivity index (χ3v) is 6.42. The molecule has 3 aromatic rings. The third kappa shape index (κ3) is 3.80. The number of hydrogen-bond acceptors (Lipinski definition) is 5. The quantitative estimate of drug-likeness (QED) is 0.603. The van der Waals surface area contributed by atoms with Gasteiger partial charge in [0, 0.05) is 31.5 Å². The van der Waals surface area contributed by atoms with Crippen LogP contribution in [0.1, 0.15) is 36.2 Å². The molecule has 2 aliphatic rings. The topological polar surface area (TPSA) is 65.2 Å². The number of methoxy groups -OCH3 is 1. The van der Waals surface area contributed by atoms with E-state index in [2.05, 4.69) is 32.9 Å². The standard InChI is InChI=1S/C23H28FN5O/c1-30-21-9-8-15(11-18(21)24)22-17(12-25-28-22)14-29-10-4-5-16(13-29)23-26-19-6-2-3-7-20(19)27-23/h2-3,6-9,11,16-17,22,25,28H,4-5,10,12-14H2,1H3,(H,26,27). The summed E-state index contributed by atoms with van der Waals surface area (Å²) in [5.41, 5.74) is 9.70. The molecular weight excluding hydrogens is 381 g/mol. The fraction of sp³-hybridized carbons (Fsp3) is 0.435. The first kappa shape index (κ1) is 19.5. The number of halogens is 1. The van der Waals surface area contributed by atoms with E-state index >= 15 is 0 Å². The minimum absolute atomic E-state index is 0.0805. The van der Waals surface area contributed by atoms with E-state index in [-0.39, 0.29) is 17.6 Å². The Kier molecular flexibility index (Phi) is 5.41. The number of piperidine rings is 1. The Labute approximate surface area is 175 Å². The van der Waals surface area contributed by atoms with Crippen molar-refractivity contribution in [2.75, 3.05) is 33.3 Å². The van der Waals surface area contributed by atoms with Crippen molar-refractivity contribution in [3.63, 3.8) is 0 Å². The molecular formula is C23H28FN5O. The van der Waals surface area contributed by atoms with Crippen molar-refractivity contribution in [3.05, 3.63) is 59.7 Å². The zero-order valence-corrected chi connectivity index (χ0v) is 17.2. The molecule has 1 aromatic heterocycles. The average molecular weight is 410 g/mol. The molecule has 0 saturated carbocycles. The summed E-state index contributed by atoms with van der Waals surface area (Å²) in [6.45, 7) is 3.93. The van der Waals surface area contributed by atoms with Crippen molar-refractivity contribution in [1.29, 1.82) is 0 Å². The van der Waals surface area contributed by atoms with Crippen LogP contribution in [0.15, 0.2) is 42.5 Å². The van der Waals surface area contributed by atoms with Gasteiger partial charge in [0.25, 0.3) is 0 Å². The minimum Gasteiger partial charge on any atom is -0.494 e. The molecule has 0 bridgehead atoms. The van der Waals surface area contributed by atoms with Gasteiger partial charge in [-0.25, -0.2) is 14.8 Å². The number of benzene rings is 2. The summed E-state index contributed by atoms with van der Waals surface area (Å²) >= 11 is 0. The maximum atomic E-state index is 14.2. The zero-order chi connectivity index (χ0) is 20.5. The minimum atomic E-state index is -0.314. The lowest BCUT2D eigenvalue weighted by Gasteiger charge is -2.34. The summed E-state index contributed by atoms with van der Waals surface area (Å²) in [4.78, 5) is 10.9. The van der Waals surface area contributed by atoms with Crippen molar-refractivity contribution < 1.29 is 9.13 Å². The molecule has 2 saturated heterocycles. The first-order valence-electron chi connectivity index (χ1n) is 10.7. The molecule has 6 nitrogen and oxygen atoms in total. The van der Waals surface area contributed by atoms with E-state index in [1.165, 1.54) is 7.11 Å². The number of likely N-dealkylation sites (tertiary alicyclic amines) is 1. The second-order valence-electron chi connectivity index (χ2n) is 8.39. The van der Waals surface area contributed by atoms with Gasteiger partial charge < -0.3 is 14.6 Å². The monoisotopic (exact) mass is 409 g/mol. The van der Waals surface area contributed by atoms with Gasteiger partial charge in [0.2, 0.25) is 0 Å². The number of aromatic amines is 1. The van der Waals surface area contributed by atoms with E-state index in [0.29, 0.717) is 11.8 Å². The predicted octanol–water partition coefficient (Wildman–Crippen LogP) is 3.36. The van der Waals surface area contributed by atoms with Crippen LogP contribution in [0.4, 0.5) is 4.39 Å². The first-order valence-corrected chi connectivity index (χ1v) is 10.7. The number of aromatic nitrogens is 2. The average Bonchev–Trinajstić information content (AvgIpc) is 3.41. The van der Waals surface area contributed by atoms with Gasteiger partial charge in [-0.05, 0) is 49.2 Å². The van der Waals surface area contributed by atoms with Crippen LogP contribution < -0.4 is 15.6 Å². The number of nitrogens with one attached hydrogen (secondary N) is 3. The van der Waals surface area contributed by atoms with Crippen LogP contribution in [-0.4, -0.2) is 48.2 Å². The Bertz CT molecular complexity index is 989. The molecule has 2 fully saturated rings. The molecule has 7 heteroatoms. The van der Waals surface area contributed by atoms with E-state index in [1.54, 1.807) is 12.1 Å². The first-order chi connectivity index (χ1) is 14.7. The molecule has 3 N–H and O–H groups in total. The fourth-order valence-corrected chi connectivity index (χ4v) is 4.88. The van der Waals surface area contributed by atoms with Crippen LogP contribution in [0.2, 0.25) is 0 Å². The van der Waals surface area contributed by atoms with Crippen LogP contribution in [0, 0.1) is 11.7 Å². The van der Waals surface area contributed by atoms with Crippen molar-refractivity contribution in [2.45, 2.75) is 24.8 Å². The number of H-pyrrole nitrogens is 1. The lowest BCUT2D eigenvalue weighted by atomic mass is 9.92. The fourth-order valence-electron chi connectivity index (χ4n) is 4.88. The van der Waals surface area contributed by atoms with E-state index in [1.807, 2.05) is 18.2 Å². The molecule has 2 aromatic carbocycles. The van der Waals surface area contributed by atoms with Gasteiger partial charge >= 0.3 is 0 Å². The maximum absolute atomic E-state index is 14.2. The van der Waals surface area contributed by atoms with Gasteiger partial charge in [-0.3, -0.25) is 5.43 Å². The summed E-state index contributed by atoms with van der Waals surface area (Å²) in [5, 5.41) is 0. The van der Waals surface area contributed by atoms with Gasteiger partial charge in [0.15, 0.2) is 11.6 Å². The smallest absolute Gasteiger partial charge is 0.165 e. The zero-order valence-electron chi connectivity index (χ0n) is 17.2. The molecule has 0 amide bonds. The van der Waals surface area contributed by atoms with Crippen molar-refractivity contribution >= 4 is 11.0 Å². The normalized spacial score (nSPS) is 25.1. The summed E-state index contributed by atoms with van der Waals surface area (Å²) in [6, 6.07) is 13.5. The highest BCUT2D eigenvalue weighted by molar-refractivity contribution is 5.74. The Morgan fingerprint density at radius 1 is 1.23 bits per heavy atom. The maximum Gasteiger partial charge on any atom is 0.165 e. The van der Waals surface area contributed by atoms with Gasteiger partial charge in [-0.15, -0.1) is 0 Å². The van der Waals surface area contributed by atoms with Gasteiger partial charge in [0.1, 0.15) is 5.82 Å². The number of hydrazine groups is 1. The second kappa shape index (κ2) is 8.34. The number of ether oxygens (including phenoxy) is 1. The number of fused-ring (bicyclic) bond motifs is 1. The highest BCUT2D eigenvalue weighted by Gasteiger charge is 2.32. The number of hydrogen-bond donors (Lipinski definition) is 3. The Hall–Kier alpha value is -2.48. The molecule has 2 aliphatic heterocycles. The van der Waals surface area contributed by atoms with Crippen LogP contribution in [0.5, 0.6) is 5.75 Å². The molecule has 3 heterocycles. The summed E-state index contributed by atoms with van der Waals surface area (Å²) in [7, 11) is 1.49. The summed E-state index contributed by atoms with van der Waals surface area (Å²) < 4.78 is 19.3. The van der Waals surface area contributed by atoms with Crippen LogP contribution in [-0.2, 0) is 0 Å². The third-order valence-electron chi connectivity index (χ3n) is 6.42. The molecule has 3 unspecified atom stereocenters. The van der Waals surface area contributed by atoms with Gasteiger partial charge in [-0.2, -0.15) is 0 Å². The van der Waals surface area contributed by atoms with E-state index in [0.717, 1.165) is 61.4 Å². The number of nitrogens with zero attached hydrogens (tertiary/aromatic N) is 2. The number of imidazole rings is 1. The Balaban J connectivity index is 1.28. The van der Waals surface area contributed by atoms with Gasteiger partial charge in [-0.1, -0.05) is 18.2 Å². The largest absolute Gasteiger partial charge is 0.494 e. The molecule has 158 valence electrons. The van der Waals surface area contributed by atoms with Gasteiger partial charge in [0.05, 0.1) is 24.2 Å². The number of para-hydroxylation sites is 2. The highest BCUT2D eigenvalue weighted by atomic mass is 19.1. The molecule has 30 heavy (non-hydrogen) atoms. The van der Waals surface area contributed by atoms with E-state index in [4.69, 9.17) is 9.72 Å².